The highest BCUT2D eigenvalue weighted by Gasteiger charge is 2.33. The lowest BCUT2D eigenvalue weighted by Gasteiger charge is -2.36. The second kappa shape index (κ2) is 6.92. The number of fused-ring (bicyclic) bond motifs is 3. The highest BCUT2D eigenvalue weighted by molar-refractivity contribution is 6.05. The normalized spacial score (nSPS) is 18.7. The van der Waals surface area contributed by atoms with Gasteiger partial charge in [-0.3, -0.25) is 9.98 Å². The van der Waals surface area contributed by atoms with E-state index < -0.39 is 0 Å². The lowest BCUT2D eigenvalue weighted by atomic mass is 9.70. The molecule has 27 heavy (non-hydrogen) atoms. The predicted molar refractivity (Wildman–Crippen MR) is 114 cm³/mol. The van der Waals surface area contributed by atoms with Gasteiger partial charge in [-0.05, 0) is 47.6 Å². The SMILES string of the molecule is Cc1nc2c(c3ccccc13)CC(C(C)(C)C)CC2=NCc1ccccc1. The summed E-state index contributed by atoms with van der Waals surface area (Å²) < 4.78 is 0. The van der Waals surface area contributed by atoms with Crippen LogP contribution in [0, 0.1) is 18.3 Å². The van der Waals surface area contributed by atoms with Gasteiger partial charge in [0.1, 0.15) is 0 Å². The van der Waals surface area contributed by atoms with Gasteiger partial charge in [-0.1, -0.05) is 75.4 Å². The van der Waals surface area contributed by atoms with Gasteiger partial charge in [-0.25, -0.2) is 0 Å². The molecule has 0 spiro atoms. The average molecular weight is 357 g/mol. The Morgan fingerprint density at radius 2 is 1.59 bits per heavy atom. The third kappa shape index (κ3) is 3.53. The average Bonchev–Trinajstić information content (AvgIpc) is 2.66. The maximum absolute atomic E-state index is 5.06. The van der Waals surface area contributed by atoms with Gasteiger partial charge in [-0.2, -0.15) is 0 Å². The van der Waals surface area contributed by atoms with Crippen LogP contribution in [0.2, 0.25) is 0 Å². The van der Waals surface area contributed by atoms with E-state index >= 15 is 0 Å². The monoisotopic (exact) mass is 356 g/mol. The summed E-state index contributed by atoms with van der Waals surface area (Å²) in [6.45, 7) is 9.89. The van der Waals surface area contributed by atoms with Crippen molar-refractivity contribution in [3.8, 4) is 0 Å². The zero-order valence-corrected chi connectivity index (χ0v) is 16.8. The van der Waals surface area contributed by atoms with Crippen molar-refractivity contribution in [1.29, 1.82) is 0 Å². The van der Waals surface area contributed by atoms with Crippen molar-refractivity contribution >= 4 is 16.5 Å². The van der Waals surface area contributed by atoms with Crippen molar-refractivity contribution < 1.29 is 0 Å². The maximum atomic E-state index is 5.06. The zero-order chi connectivity index (χ0) is 19.0. The van der Waals surface area contributed by atoms with Gasteiger partial charge in [0.2, 0.25) is 0 Å². The van der Waals surface area contributed by atoms with Crippen LogP contribution < -0.4 is 0 Å². The summed E-state index contributed by atoms with van der Waals surface area (Å²) in [5.74, 6) is 0.576. The Labute approximate surface area is 162 Å². The second-order valence-corrected chi connectivity index (χ2v) is 8.79. The Kier molecular flexibility index (Phi) is 4.59. The van der Waals surface area contributed by atoms with E-state index in [0.29, 0.717) is 5.92 Å². The highest BCUT2D eigenvalue weighted by Crippen LogP contribution is 2.40. The molecule has 0 amide bonds. The van der Waals surface area contributed by atoms with Crippen LogP contribution in [0.3, 0.4) is 0 Å². The molecule has 0 bridgehead atoms. The summed E-state index contributed by atoms with van der Waals surface area (Å²) in [6, 6.07) is 19.2. The number of hydrogen-bond acceptors (Lipinski definition) is 2. The largest absolute Gasteiger partial charge is 0.283 e. The molecule has 0 fully saturated rings. The number of nitrogens with zero attached hydrogens (tertiary/aromatic N) is 2. The van der Waals surface area contributed by atoms with Gasteiger partial charge in [0.05, 0.1) is 18.0 Å². The molecule has 0 saturated heterocycles. The predicted octanol–water partition coefficient (Wildman–Crippen LogP) is 6.14. The Morgan fingerprint density at radius 3 is 2.30 bits per heavy atom. The van der Waals surface area contributed by atoms with E-state index in [9.17, 15) is 0 Å². The summed E-state index contributed by atoms with van der Waals surface area (Å²) in [5, 5.41) is 2.62. The summed E-state index contributed by atoms with van der Waals surface area (Å²) in [7, 11) is 0. The fourth-order valence-corrected chi connectivity index (χ4v) is 4.10. The van der Waals surface area contributed by atoms with Crippen LogP contribution in [0.1, 0.15) is 49.7 Å². The third-order valence-electron chi connectivity index (χ3n) is 5.89. The molecule has 2 aromatic carbocycles. The molecule has 1 unspecified atom stereocenters. The Balaban J connectivity index is 1.85. The van der Waals surface area contributed by atoms with Crippen LogP contribution in [0.25, 0.3) is 10.8 Å². The molecule has 0 N–H and O–H groups in total. The van der Waals surface area contributed by atoms with Gasteiger partial charge in [0, 0.05) is 11.1 Å². The highest BCUT2D eigenvalue weighted by atomic mass is 14.8. The molecule has 1 heterocycles. The van der Waals surface area contributed by atoms with Crippen LogP contribution in [0.15, 0.2) is 59.6 Å². The van der Waals surface area contributed by atoms with E-state index in [2.05, 4.69) is 82.3 Å². The van der Waals surface area contributed by atoms with Crippen LogP contribution in [-0.2, 0) is 13.0 Å². The van der Waals surface area contributed by atoms with Crippen molar-refractivity contribution in [1.82, 2.24) is 4.98 Å². The molecule has 2 heteroatoms. The fraction of sp³-hybridized carbons (Fsp3) is 0.360. The molecule has 138 valence electrons. The van der Waals surface area contributed by atoms with Gasteiger partial charge in [0.25, 0.3) is 0 Å². The van der Waals surface area contributed by atoms with Gasteiger partial charge in [-0.15, -0.1) is 0 Å². The van der Waals surface area contributed by atoms with E-state index in [1.54, 1.807) is 0 Å². The molecule has 0 radical (unpaired) electrons. The molecule has 1 atom stereocenters. The van der Waals surface area contributed by atoms with Crippen LogP contribution in [0.4, 0.5) is 0 Å². The number of aryl methyl sites for hydroxylation is 1. The number of pyridine rings is 1. The first kappa shape index (κ1) is 17.9. The Bertz CT molecular complexity index is 994. The molecule has 0 aliphatic heterocycles. The topological polar surface area (TPSA) is 25.2 Å². The number of benzene rings is 2. The molecular weight excluding hydrogens is 328 g/mol. The first-order valence-corrected chi connectivity index (χ1v) is 9.89. The van der Waals surface area contributed by atoms with Gasteiger partial charge >= 0.3 is 0 Å². The summed E-state index contributed by atoms with van der Waals surface area (Å²) in [5.41, 5.74) is 6.29. The molecule has 3 aromatic rings. The summed E-state index contributed by atoms with van der Waals surface area (Å²) in [4.78, 5) is 10.1. The molecule has 2 nitrogen and oxygen atoms in total. The summed E-state index contributed by atoms with van der Waals surface area (Å²) in [6.07, 6.45) is 2.09. The van der Waals surface area contributed by atoms with Crippen LogP contribution in [0.5, 0.6) is 0 Å². The van der Waals surface area contributed by atoms with Crippen LogP contribution in [-0.4, -0.2) is 10.7 Å². The molecule has 1 aliphatic carbocycles. The standard InChI is InChI=1S/C25H28N2/c1-17-20-12-8-9-13-21(20)22-14-19(25(2,3)4)15-23(24(22)27-17)26-16-18-10-6-5-7-11-18/h5-13,19H,14-16H2,1-4H3. The fourth-order valence-electron chi connectivity index (χ4n) is 4.10. The second-order valence-electron chi connectivity index (χ2n) is 8.79. The van der Waals surface area contributed by atoms with E-state index in [0.717, 1.165) is 30.8 Å². The number of aromatic nitrogens is 1. The zero-order valence-electron chi connectivity index (χ0n) is 16.8. The molecule has 4 rings (SSSR count). The molecular formula is C25H28N2. The minimum atomic E-state index is 0.247. The van der Waals surface area contributed by atoms with E-state index in [-0.39, 0.29) is 5.41 Å². The van der Waals surface area contributed by atoms with Crippen LogP contribution >= 0.6 is 0 Å². The molecule has 0 saturated carbocycles. The minimum Gasteiger partial charge on any atom is -0.283 e. The first-order valence-electron chi connectivity index (χ1n) is 9.89. The van der Waals surface area contributed by atoms with Crippen molar-refractivity contribution in [2.75, 3.05) is 0 Å². The number of rotatable bonds is 2. The molecule has 1 aromatic heterocycles. The lowest BCUT2D eigenvalue weighted by molar-refractivity contribution is 0.242. The lowest BCUT2D eigenvalue weighted by Crippen LogP contribution is -2.31. The molecule has 1 aliphatic rings. The van der Waals surface area contributed by atoms with E-state index in [1.807, 2.05) is 0 Å². The van der Waals surface area contributed by atoms with Gasteiger partial charge in [0.15, 0.2) is 0 Å². The van der Waals surface area contributed by atoms with Crippen molar-refractivity contribution in [3.05, 3.63) is 77.1 Å². The quantitative estimate of drug-likeness (QED) is 0.541. The van der Waals surface area contributed by atoms with Crippen molar-refractivity contribution in [3.63, 3.8) is 0 Å². The van der Waals surface area contributed by atoms with Crippen molar-refractivity contribution in [2.45, 2.75) is 47.1 Å². The Morgan fingerprint density at radius 1 is 0.926 bits per heavy atom. The maximum Gasteiger partial charge on any atom is 0.0881 e. The van der Waals surface area contributed by atoms with E-state index in [4.69, 9.17) is 9.98 Å². The number of hydrogen-bond donors (Lipinski definition) is 0. The summed E-state index contributed by atoms with van der Waals surface area (Å²) >= 11 is 0. The smallest absolute Gasteiger partial charge is 0.0881 e. The first-order chi connectivity index (χ1) is 12.9. The Hall–Kier alpha value is -2.48. The van der Waals surface area contributed by atoms with E-state index in [1.165, 1.54) is 27.6 Å². The van der Waals surface area contributed by atoms with Crippen molar-refractivity contribution in [2.24, 2.45) is 16.3 Å². The minimum absolute atomic E-state index is 0.247. The third-order valence-corrected chi connectivity index (χ3v) is 5.89. The van der Waals surface area contributed by atoms with Gasteiger partial charge < -0.3 is 0 Å². The number of aliphatic imine (C=N–C) groups is 1.